The largest absolute Gasteiger partial charge is 0.310 e. The first-order valence-electron chi connectivity index (χ1n) is 24.7. The monoisotopic (exact) mass is 916 g/mol. The normalized spacial score (nSPS) is 11.3. The summed E-state index contributed by atoms with van der Waals surface area (Å²) in [6.45, 7) is 0. The van der Waals surface area contributed by atoms with Gasteiger partial charge in [0.25, 0.3) is 0 Å². The maximum atomic E-state index is 2.43. The minimum atomic E-state index is 1.08. The Hall–Kier alpha value is -9.50. The molecule has 0 aliphatic carbocycles. The van der Waals surface area contributed by atoms with E-state index in [-0.39, 0.29) is 0 Å². The van der Waals surface area contributed by atoms with Crippen molar-refractivity contribution in [3.05, 3.63) is 291 Å². The van der Waals surface area contributed by atoms with Gasteiger partial charge in [0.1, 0.15) is 0 Å². The van der Waals surface area contributed by atoms with Gasteiger partial charge in [-0.05, 0) is 173 Å². The highest BCUT2D eigenvalue weighted by Gasteiger charge is 2.23. The summed E-state index contributed by atoms with van der Waals surface area (Å²) in [5, 5.41) is 9.60. The van der Waals surface area contributed by atoms with Gasteiger partial charge in [0.15, 0.2) is 0 Å². The number of rotatable bonds is 10. The topological polar surface area (TPSA) is 6.48 Å². The van der Waals surface area contributed by atoms with Crippen molar-refractivity contribution in [2.45, 2.75) is 0 Å². The Morgan fingerprint density at radius 2 is 0.458 bits per heavy atom. The van der Waals surface area contributed by atoms with Crippen molar-refractivity contribution in [1.82, 2.24) is 0 Å². The molecule has 0 N–H and O–H groups in total. The van der Waals surface area contributed by atoms with Gasteiger partial charge in [-0.15, -0.1) is 0 Å². The van der Waals surface area contributed by atoms with Crippen molar-refractivity contribution in [1.29, 1.82) is 0 Å². The van der Waals surface area contributed by atoms with E-state index >= 15 is 0 Å². The van der Waals surface area contributed by atoms with Crippen LogP contribution in [0.25, 0.3) is 87.6 Å². The summed E-state index contributed by atoms with van der Waals surface area (Å²) in [5.74, 6) is 0. The zero-order valence-electron chi connectivity index (χ0n) is 39.6. The molecule has 0 fully saturated rings. The maximum absolute atomic E-state index is 2.43. The first-order valence-corrected chi connectivity index (χ1v) is 24.7. The molecule has 0 aromatic heterocycles. The first-order chi connectivity index (χ1) is 35.7. The summed E-state index contributed by atoms with van der Waals surface area (Å²) in [7, 11) is 0. The molecule has 0 unspecified atom stereocenters. The van der Waals surface area contributed by atoms with E-state index in [1.54, 1.807) is 0 Å². The Balaban J connectivity index is 1.09. The lowest BCUT2D eigenvalue weighted by molar-refractivity contribution is 1.29. The minimum absolute atomic E-state index is 1.08. The molecule has 0 atom stereocenters. The van der Waals surface area contributed by atoms with Gasteiger partial charge in [0.05, 0.1) is 0 Å². The number of fused-ring (bicyclic) bond motifs is 4. The molecule has 0 heterocycles. The van der Waals surface area contributed by atoms with Gasteiger partial charge in [-0.3, -0.25) is 0 Å². The Morgan fingerprint density at radius 3 is 0.847 bits per heavy atom. The molecule has 13 aromatic carbocycles. The second-order valence-corrected chi connectivity index (χ2v) is 18.5. The van der Waals surface area contributed by atoms with E-state index in [1.807, 2.05) is 0 Å². The predicted octanol–water partition coefficient (Wildman–Crippen LogP) is 19.9. The van der Waals surface area contributed by atoms with Crippen LogP contribution < -0.4 is 9.80 Å². The Kier molecular flexibility index (Phi) is 10.9. The number of nitrogens with zero attached hydrogens (tertiary/aromatic N) is 2. The van der Waals surface area contributed by atoms with Gasteiger partial charge in [0, 0.05) is 34.1 Å². The van der Waals surface area contributed by atoms with Gasteiger partial charge in [0.2, 0.25) is 0 Å². The molecule has 2 nitrogen and oxygen atoms in total. The molecule has 338 valence electrons. The summed E-state index contributed by atoms with van der Waals surface area (Å²) in [5.41, 5.74) is 16.0. The fourth-order valence-corrected chi connectivity index (χ4v) is 10.7. The quantitative estimate of drug-likeness (QED) is 0.126. The standard InChI is InChI=1S/C70H48N2/c1-5-17-49(18-6-1)53-33-37-61(38-34-53)71(59-25-9-3-10-26-59)63-41-43-65-67(47-63)69(57-31-29-51-21-13-15-23-55(51)45-57)66-44-42-64(48-68(66)70(65)58-32-30-52-22-14-16-24-56(52)46-58)72(60-27-11-4-12-28-60)62-39-35-54(36-40-62)50-19-7-2-8-20-50/h1-48H. The SMILES string of the molecule is c1ccc(-c2ccc(N(c3ccccc3)c3ccc4c(-c5ccc6ccccc6c5)c5cc(N(c6ccccc6)c6ccc(-c7ccccc7)cc6)ccc5c(-c5ccc6ccccc6c5)c4c3)cc2)cc1. The Labute approximate surface area is 420 Å². The second kappa shape index (κ2) is 18.4. The van der Waals surface area contributed by atoms with Crippen molar-refractivity contribution in [2.24, 2.45) is 0 Å². The van der Waals surface area contributed by atoms with Crippen molar-refractivity contribution in [3.8, 4) is 44.5 Å². The lowest BCUT2D eigenvalue weighted by Crippen LogP contribution is -2.10. The lowest BCUT2D eigenvalue weighted by atomic mass is 9.84. The number of hydrogen-bond acceptors (Lipinski definition) is 2. The molecule has 0 aliphatic heterocycles. The molecule has 0 bridgehead atoms. The highest BCUT2D eigenvalue weighted by atomic mass is 15.1. The van der Waals surface area contributed by atoms with Crippen molar-refractivity contribution >= 4 is 77.2 Å². The van der Waals surface area contributed by atoms with E-state index in [2.05, 4.69) is 301 Å². The van der Waals surface area contributed by atoms with Crippen LogP contribution in [0.5, 0.6) is 0 Å². The van der Waals surface area contributed by atoms with Gasteiger partial charge in [-0.2, -0.15) is 0 Å². The summed E-state index contributed by atoms with van der Waals surface area (Å²) in [6, 6.07) is 106. The van der Waals surface area contributed by atoms with Gasteiger partial charge in [-0.1, -0.05) is 206 Å². The van der Waals surface area contributed by atoms with E-state index in [0.29, 0.717) is 0 Å². The molecule has 0 radical (unpaired) electrons. The maximum Gasteiger partial charge on any atom is 0.0468 e. The molecule has 13 rings (SSSR count). The molecule has 0 amide bonds. The molecule has 2 heteroatoms. The van der Waals surface area contributed by atoms with Crippen LogP contribution in [0.2, 0.25) is 0 Å². The number of hydrogen-bond donors (Lipinski definition) is 0. The number of anilines is 6. The van der Waals surface area contributed by atoms with Crippen LogP contribution in [0.15, 0.2) is 291 Å². The highest BCUT2D eigenvalue weighted by molar-refractivity contribution is 6.23. The molecule has 0 spiro atoms. The van der Waals surface area contributed by atoms with E-state index in [1.165, 1.54) is 87.6 Å². The molecule has 0 saturated heterocycles. The summed E-state index contributed by atoms with van der Waals surface area (Å²) < 4.78 is 0. The Bertz CT molecular complexity index is 3790. The van der Waals surface area contributed by atoms with Crippen molar-refractivity contribution < 1.29 is 0 Å². The van der Waals surface area contributed by atoms with Crippen LogP contribution in [0, 0.1) is 0 Å². The van der Waals surface area contributed by atoms with Crippen molar-refractivity contribution in [2.75, 3.05) is 9.80 Å². The zero-order valence-corrected chi connectivity index (χ0v) is 39.6. The van der Waals surface area contributed by atoms with Gasteiger partial charge >= 0.3 is 0 Å². The molecule has 72 heavy (non-hydrogen) atoms. The summed E-state index contributed by atoms with van der Waals surface area (Å²) in [4.78, 5) is 4.78. The third-order valence-corrected chi connectivity index (χ3v) is 14.2. The smallest absolute Gasteiger partial charge is 0.0468 e. The molecular formula is C70H48N2. The molecule has 0 aliphatic rings. The lowest BCUT2D eigenvalue weighted by Gasteiger charge is -2.28. The van der Waals surface area contributed by atoms with Crippen LogP contribution in [-0.2, 0) is 0 Å². The van der Waals surface area contributed by atoms with Crippen LogP contribution in [0.4, 0.5) is 34.1 Å². The zero-order chi connectivity index (χ0) is 47.8. The fourth-order valence-electron chi connectivity index (χ4n) is 10.7. The van der Waals surface area contributed by atoms with E-state index in [0.717, 1.165) is 34.1 Å². The van der Waals surface area contributed by atoms with Gasteiger partial charge < -0.3 is 9.80 Å². The minimum Gasteiger partial charge on any atom is -0.310 e. The fraction of sp³-hybridized carbons (Fsp3) is 0. The van der Waals surface area contributed by atoms with Crippen LogP contribution in [0.3, 0.4) is 0 Å². The Morgan fingerprint density at radius 1 is 0.167 bits per heavy atom. The first kappa shape index (κ1) is 42.6. The van der Waals surface area contributed by atoms with E-state index in [4.69, 9.17) is 0 Å². The summed E-state index contributed by atoms with van der Waals surface area (Å²) in [6.07, 6.45) is 0. The van der Waals surface area contributed by atoms with Crippen LogP contribution in [-0.4, -0.2) is 0 Å². The highest BCUT2D eigenvalue weighted by Crippen LogP contribution is 2.49. The third kappa shape index (κ3) is 7.92. The van der Waals surface area contributed by atoms with Crippen LogP contribution >= 0.6 is 0 Å². The third-order valence-electron chi connectivity index (χ3n) is 14.2. The van der Waals surface area contributed by atoms with Gasteiger partial charge in [-0.25, -0.2) is 0 Å². The molecule has 0 saturated carbocycles. The van der Waals surface area contributed by atoms with Crippen molar-refractivity contribution in [3.63, 3.8) is 0 Å². The summed E-state index contributed by atoms with van der Waals surface area (Å²) >= 11 is 0. The average Bonchev–Trinajstić information content (AvgIpc) is 3.46. The second-order valence-electron chi connectivity index (χ2n) is 18.5. The predicted molar refractivity (Wildman–Crippen MR) is 308 cm³/mol. The van der Waals surface area contributed by atoms with E-state index < -0.39 is 0 Å². The van der Waals surface area contributed by atoms with E-state index in [9.17, 15) is 0 Å². The van der Waals surface area contributed by atoms with Crippen LogP contribution in [0.1, 0.15) is 0 Å². The average molecular weight is 917 g/mol. The number of para-hydroxylation sites is 2. The molecule has 13 aromatic rings. The number of benzene rings is 13. The molecular weight excluding hydrogens is 869 g/mol.